The molecule has 0 heterocycles. The van der Waals surface area contributed by atoms with Gasteiger partial charge in [0.05, 0.1) is 6.54 Å². The molecule has 4 nitrogen and oxygen atoms in total. The minimum absolute atomic E-state index is 0.00847. The number of carbonyl (C=O) groups excluding carboxylic acids is 1. The Morgan fingerprint density at radius 2 is 2.25 bits per heavy atom. The summed E-state index contributed by atoms with van der Waals surface area (Å²) < 4.78 is 0. The summed E-state index contributed by atoms with van der Waals surface area (Å²) in [7, 11) is 1.61. The van der Waals surface area contributed by atoms with Crippen molar-refractivity contribution in [2.24, 2.45) is 0 Å². The number of carbonyl (C=O) groups is 1. The van der Waals surface area contributed by atoms with Crippen LogP contribution in [0.3, 0.4) is 0 Å². The third kappa shape index (κ3) is 6.12. The van der Waals surface area contributed by atoms with Crippen LogP contribution < -0.4 is 10.6 Å². The second kappa shape index (κ2) is 7.06. The molecule has 0 rings (SSSR count). The Labute approximate surface area is 73.3 Å². The Kier molecular flexibility index (Phi) is 6.70. The van der Waals surface area contributed by atoms with Crippen LogP contribution in [-0.4, -0.2) is 37.3 Å². The highest BCUT2D eigenvalue weighted by Gasteiger charge is 2.02. The molecule has 3 N–H and O–H groups in total. The number of aliphatic hydroxyl groups excluding tert-OH is 1. The van der Waals surface area contributed by atoms with E-state index in [1.807, 2.05) is 6.92 Å². The van der Waals surface area contributed by atoms with E-state index in [2.05, 4.69) is 10.6 Å². The van der Waals surface area contributed by atoms with E-state index < -0.39 is 0 Å². The summed E-state index contributed by atoms with van der Waals surface area (Å²) in [5.74, 6) is -0.00847. The molecule has 0 spiro atoms. The van der Waals surface area contributed by atoms with Crippen LogP contribution in [0.5, 0.6) is 0 Å². The smallest absolute Gasteiger partial charge is 0.233 e. The largest absolute Gasteiger partial charge is 0.396 e. The minimum Gasteiger partial charge on any atom is -0.396 e. The molecule has 0 radical (unpaired) electrons. The van der Waals surface area contributed by atoms with Crippen molar-refractivity contribution in [1.29, 1.82) is 0 Å². The highest BCUT2D eigenvalue weighted by molar-refractivity contribution is 5.77. The van der Waals surface area contributed by atoms with Crippen molar-refractivity contribution in [3.8, 4) is 0 Å². The van der Waals surface area contributed by atoms with E-state index in [0.29, 0.717) is 6.54 Å². The first-order valence-corrected chi connectivity index (χ1v) is 4.25. The van der Waals surface area contributed by atoms with Crippen LogP contribution in [0.15, 0.2) is 0 Å². The topological polar surface area (TPSA) is 61.4 Å². The van der Waals surface area contributed by atoms with Gasteiger partial charge in [-0.3, -0.25) is 4.79 Å². The molecule has 0 aromatic carbocycles. The van der Waals surface area contributed by atoms with Gasteiger partial charge in [-0.05, 0) is 19.8 Å². The monoisotopic (exact) mass is 174 g/mol. The zero-order chi connectivity index (χ0) is 9.40. The van der Waals surface area contributed by atoms with Crippen molar-refractivity contribution in [3.63, 3.8) is 0 Å². The van der Waals surface area contributed by atoms with Gasteiger partial charge in [0, 0.05) is 19.7 Å². The summed E-state index contributed by atoms with van der Waals surface area (Å²) in [6, 6.07) is 0.287. The van der Waals surface area contributed by atoms with E-state index in [9.17, 15) is 4.79 Å². The van der Waals surface area contributed by atoms with Gasteiger partial charge in [-0.2, -0.15) is 0 Å². The molecule has 72 valence electrons. The molecule has 1 unspecified atom stereocenters. The minimum atomic E-state index is -0.00847. The summed E-state index contributed by atoms with van der Waals surface area (Å²) in [4.78, 5) is 10.8. The molecule has 4 heteroatoms. The molecule has 0 aliphatic carbocycles. The number of likely N-dealkylation sites (N-methyl/N-ethyl adjacent to an activating group) is 1. The van der Waals surface area contributed by atoms with Gasteiger partial charge in [0.1, 0.15) is 0 Å². The average Bonchev–Trinajstić information content (AvgIpc) is 2.10. The standard InChI is InChI=1S/C8H18N2O2/c1-7(4-3-5-11)10-6-8(12)9-2/h7,10-11H,3-6H2,1-2H3,(H,9,12). The van der Waals surface area contributed by atoms with Crippen LogP contribution in [0.25, 0.3) is 0 Å². The quantitative estimate of drug-likeness (QED) is 0.508. The molecule has 12 heavy (non-hydrogen) atoms. The average molecular weight is 174 g/mol. The normalized spacial score (nSPS) is 12.6. The summed E-state index contributed by atoms with van der Waals surface area (Å²) in [5.41, 5.74) is 0. The van der Waals surface area contributed by atoms with Gasteiger partial charge in [0.25, 0.3) is 0 Å². The van der Waals surface area contributed by atoms with Crippen LogP contribution in [0, 0.1) is 0 Å². The Hall–Kier alpha value is -0.610. The first kappa shape index (κ1) is 11.4. The van der Waals surface area contributed by atoms with Crippen molar-refractivity contribution in [2.45, 2.75) is 25.8 Å². The maximum atomic E-state index is 10.8. The highest BCUT2D eigenvalue weighted by atomic mass is 16.2. The first-order valence-electron chi connectivity index (χ1n) is 4.25. The molecular formula is C8H18N2O2. The van der Waals surface area contributed by atoms with Gasteiger partial charge < -0.3 is 15.7 Å². The Morgan fingerprint density at radius 1 is 1.58 bits per heavy atom. The fourth-order valence-electron chi connectivity index (χ4n) is 0.855. The van der Waals surface area contributed by atoms with Crippen molar-refractivity contribution in [1.82, 2.24) is 10.6 Å². The van der Waals surface area contributed by atoms with Crippen LogP contribution in [0.1, 0.15) is 19.8 Å². The highest BCUT2D eigenvalue weighted by Crippen LogP contribution is 1.93. The van der Waals surface area contributed by atoms with E-state index in [1.165, 1.54) is 0 Å². The molecule has 0 aromatic heterocycles. The van der Waals surface area contributed by atoms with Crippen LogP contribution in [0.2, 0.25) is 0 Å². The summed E-state index contributed by atoms with van der Waals surface area (Å²) in [5, 5.41) is 14.1. The number of aliphatic hydroxyl groups is 1. The number of amides is 1. The van der Waals surface area contributed by atoms with E-state index >= 15 is 0 Å². The molecule has 0 bridgehead atoms. The summed E-state index contributed by atoms with van der Waals surface area (Å²) in [6.45, 7) is 2.56. The number of rotatable bonds is 6. The lowest BCUT2D eigenvalue weighted by Gasteiger charge is -2.11. The Morgan fingerprint density at radius 3 is 2.75 bits per heavy atom. The molecular weight excluding hydrogens is 156 g/mol. The van der Waals surface area contributed by atoms with Crippen molar-refractivity contribution >= 4 is 5.91 Å². The maximum Gasteiger partial charge on any atom is 0.233 e. The lowest BCUT2D eigenvalue weighted by molar-refractivity contribution is -0.119. The molecule has 0 aliphatic rings. The van der Waals surface area contributed by atoms with E-state index in [0.717, 1.165) is 12.8 Å². The number of nitrogens with one attached hydrogen (secondary N) is 2. The molecule has 0 fully saturated rings. The molecule has 0 aromatic rings. The zero-order valence-corrected chi connectivity index (χ0v) is 7.76. The van der Waals surface area contributed by atoms with E-state index in [-0.39, 0.29) is 18.6 Å². The number of hydrogen-bond donors (Lipinski definition) is 3. The fourth-order valence-corrected chi connectivity index (χ4v) is 0.855. The van der Waals surface area contributed by atoms with Crippen LogP contribution in [0.4, 0.5) is 0 Å². The van der Waals surface area contributed by atoms with E-state index in [1.54, 1.807) is 7.05 Å². The molecule has 1 amide bonds. The maximum absolute atomic E-state index is 10.8. The van der Waals surface area contributed by atoms with Gasteiger partial charge in [0.15, 0.2) is 0 Å². The van der Waals surface area contributed by atoms with E-state index in [4.69, 9.17) is 5.11 Å². The van der Waals surface area contributed by atoms with Gasteiger partial charge in [0.2, 0.25) is 5.91 Å². The molecule has 1 atom stereocenters. The zero-order valence-electron chi connectivity index (χ0n) is 7.76. The van der Waals surface area contributed by atoms with Gasteiger partial charge in [-0.25, -0.2) is 0 Å². The predicted molar refractivity (Wildman–Crippen MR) is 47.9 cm³/mol. The third-order valence-corrected chi connectivity index (χ3v) is 1.69. The molecule has 0 saturated heterocycles. The molecule has 0 saturated carbocycles. The Bertz CT molecular complexity index is 128. The summed E-state index contributed by atoms with van der Waals surface area (Å²) >= 11 is 0. The number of hydrogen-bond acceptors (Lipinski definition) is 3. The van der Waals surface area contributed by atoms with Gasteiger partial charge in [-0.1, -0.05) is 0 Å². The van der Waals surface area contributed by atoms with Crippen LogP contribution in [-0.2, 0) is 4.79 Å². The first-order chi connectivity index (χ1) is 5.70. The second-order valence-corrected chi connectivity index (χ2v) is 2.82. The van der Waals surface area contributed by atoms with Gasteiger partial charge >= 0.3 is 0 Å². The Balaban J connectivity index is 3.30. The van der Waals surface area contributed by atoms with Crippen molar-refractivity contribution in [3.05, 3.63) is 0 Å². The molecule has 0 aliphatic heterocycles. The summed E-state index contributed by atoms with van der Waals surface area (Å²) in [6.07, 6.45) is 1.68. The third-order valence-electron chi connectivity index (χ3n) is 1.69. The lowest BCUT2D eigenvalue weighted by atomic mass is 10.2. The van der Waals surface area contributed by atoms with Crippen molar-refractivity contribution in [2.75, 3.05) is 20.2 Å². The lowest BCUT2D eigenvalue weighted by Crippen LogP contribution is -2.36. The predicted octanol–water partition coefficient (Wildman–Crippen LogP) is -0.517. The second-order valence-electron chi connectivity index (χ2n) is 2.82. The van der Waals surface area contributed by atoms with Crippen LogP contribution >= 0.6 is 0 Å². The van der Waals surface area contributed by atoms with Crippen molar-refractivity contribution < 1.29 is 9.90 Å². The van der Waals surface area contributed by atoms with Gasteiger partial charge in [-0.15, -0.1) is 0 Å². The SMILES string of the molecule is CNC(=O)CNC(C)CCCO. The fraction of sp³-hybridized carbons (Fsp3) is 0.875.